The molecule has 1 unspecified atom stereocenters. The molecule has 2 rings (SSSR count). The summed E-state index contributed by atoms with van der Waals surface area (Å²) in [5.74, 6) is 0. The molecule has 0 aliphatic heterocycles. The van der Waals surface area contributed by atoms with E-state index >= 15 is 0 Å². The second-order valence-corrected chi connectivity index (χ2v) is 6.72. The Kier molecular flexibility index (Phi) is 3.70. The van der Waals surface area contributed by atoms with Crippen molar-refractivity contribution in [2.75, 3.05) is 5.73 Å². The van der Waals surface area contributed by atoms with E-state index in [0.717, 1.165) is 0 Å². The number of rotatable bonds is 3. The predicted octanol–water partition coefficient (Wildman–Crippen LogP) is 1.68. The third-order valence-electron chi connectivity index (χ3n) is 2.50. The summed E-state index contributed by atoms with van der Waals surface area (Å²) in [6.07, 6.45) is 0. The van der Waals surface area contributed by atoms with Crippen molar-refractivity contribution in [3.05, 3.63) is 48.5 Å². The third kappa shape index (κ3) is 2.83. The molecule has 0 aromatic heterocycles. The lowest BCUT2D eigenvalue weighted by atomic mass is 10.3. The van der Waals surface area contributed by atoms with Crippen LogP contribution in [0.4, 0.5) is 5.69 Å². The molecule has 0 aliphatic carbocycles. The van der Waals surface area contributed by atoms with Gasteiger partial charge in [-0.3, -0.25) is 0 Å². The Morgan fingerprint density at radius 1 is 1.00 bits per heavy atom. The molecule has 2 aromatic rings. The minimum atomic E-state index is -3.66. The highest BCUT2D eigenvalue weighted by molar-refractivity contribution is 7.91. The smallest absolute Gasteiger partial charge is 0.206 e. The fourth-order valence-electron chi connectivity index (χ4n) is 1.55. The summed E-state index contributed by atoms with van der Waals surface area (Å²) in [6, 6.07) is 11.2. The van der Waals surface area contributed by atoms with Crippen LogP contribution < -0.4 is 5.73 Å². The maximum atomic E-state index is 12.3. The van der Waals surface area contributed by atoms with Gasteiger partial charge in [0.2, 0.25) is 9.84 Å². The van der Waals surface area contributed by atoms with Crippen LogP contribution in [0.5, 0.6) is 0 Å². The van der Waals surface area contributed by atoms with E-state index in [1.807, 2.05) is 0 Å². The second-order valence-electron chi connectivity index (χ2n) is 3.80. The van der Waals surface area contributed by atoms with E-state index in [1.54, 1.807) is 12.1 Å². The van der Waals surface area contributed by atoms with E-state index in [0.29, 0.717) is 5.69 Å². The number of anilines is 1. The molecule has 1 atom stereocenters. The number of nitrogen functional groups attached to an aromatic ring is 1. The molecule has 0 saturated carbocycles. The van der Waals surface area contributed by atoms with Crippen LogP contribution in [-0.4, -0.2) is 17.2 Å². The molecular formula is C12H11NO4S2. The van der Waals surface area contributed by atoms with Gasteiger partial charge in [0.25, 0.3) is 0 Å². The highest BCUT2D eigenvalue weighted by atomic mass is 32.2. The average molecular weight is 297 g/mol. The van der Waals surface area contributed by atoms with Crippen molar-refractivity contribution in [3.63, 3.8) is 0 Å². The molecule has 7 heteroatoms. The van der Waals surface area contributed by atoms with E-state index in [2.05, 4.69) is 0 Å². The number of hydrogen-bond donors (Lipinski definition) is 2. The van der Waals surface area contributed by atoms with E-state index in [-0.39, 0.29) is 14.7 Å². The third-order valence-corrected chi connectivity index (χ3v) is 4.95. The monoisotopic (exact) mass is 297 g/mol. The van der Waals surface area contributed by atoms with Crippen molar-refractivity contribution in [1.82, 2.24) is 0 Å². The minimum Gasteiger partial charge on any atom is -0.399 e. The summed E-state index contributed by atoms with van der Waals surface area (Å²) in [6.45, 7) is 0. The number of sulfone groups is 1. The van der Waals surface area contributed by atoms with Gasteiger partial charge >= 0.3 is 0 Å². The molecule has 3 N–H and O–H groups in total. The van der Waals surface area contributed by atoms with Gasteiger partial charge < -0.3 is 10.3 Å². The molecule has 5 nitrogen and oxygen atoms in total. The van der Waals surface area contributed by atoms with Crippen molar-refractivity contribution in [3.8, 4) is 0 Å². The Morgan fingerprint density at radius 2 is 1.63 bits per heavy atom. The molecule has 0 aliphatic rings. The van der Waals surface area contributed by atoms with E-state index in [4.69, 9.17) is 10.3 Å². The van der Waals surface area contributed by atoms with Gasteiger partial charge in [-0.2, -0.15) is 0 Å². The first-order valence-electron chi connectivity index (χ1n) is 5.23. The van der Waals surface area contributed by atoms with Crippen molar-refractivity contribution in [1.29, 1.82) is 0 Å². The van der Waals surface area contributed by atoms with Gasteiger partial charge in [0.05, 0.1) is 14.7 Å². The Labute approximate surface area is 113 Å². The normalized spacial score (nSPS) is 13.1. The molecule has 2 aromatic carbocycles. The lowest BCUT2D eigenvalue weighted by molar-refractivity contribution is 0.564. The van der Waals surface area contributed by atoms with Gasteiger partial charge in [0.15, 0.2) is 11.1 Å². The highest BCUT2D eigenvalue weighted by Crippen LogP contribution is 2.23. The van der Waals surface area contributed by atoms with Crippen molar-refractivity contribution < 1.29 is 17.2 Å². The largest absolute Gasteiger partial charge is 0.399 e. The van der Waals surface area contributed by atoms with Gasteiger partial charge in [-0.25, -0.2) is 12.6 Å². The van der Waals surface area contributed by atoms with Crippen LogP contribution in [0.15, 0.2) is 63.2 Å². The van der Waals surface area contributed by atoms with Crippen molar-refractivity contribution in [2.45, 2.75) is 14.7 Å². The standard InChI is InChI=1S/C12H11NO4S2/c13-9-2-1-3-12(8-9)19(16,17)11-6-4-10(5-7-11)18(14)15/h1-8H,13H2,(H,14,15). The first-order chi connectivity index (χ1) is 8.91. The summed E-state index contributed by atoms with van der Waals surface area (Å²) in [4.78, 5) is 0.282. The minimum absolute atomic E-state index is 0.0484. The maximum absolute atomic E-state index is 12.3. The van der Waals surface area contributed by atoms with Gasteiger partial charge in [0, 0.05) is 5.69 Å². The number of benzene rings is 2. The zero-order valence-electron chi connectivity index (χ0n) is 9.68. The van der Waals surface area contributed by atoms with E-state index < -0.39 is 20.9 Å². The summed E-state index contributed by atoms with van der Waals surface area (Å²) in [5.41, 5.74) is 5.92. The van der Waals surface area contributed by atoms with Crippen LogP contribution >= 0.6 is 0 Å². The average Bonchev–Trinajstić information content (AvgIpc) is 2.39. The lowest BCUT2D eigenvalue weighted by Gasteiger charge is -2.05. The van der Waals surface area contributed by atoms with Gasteiger partial charge in [-0.15, -0.1) is 0 Å². The van der Waals surface area contributed by atoms with Crippen molar-refractivity contribution >= 4 is 26.6 Å². The lowest BCUT2D eigenvalue weighted by Crippen LogP contribution is -2.03. The summed E-state index contributed by atoms with van der Waals surface area (Å²) in [5, 5.41) is 0. The molecule has 0 fully saturated rings. The molecular weight excluding hydrogens is 286 g/mol. The van der Waals surface area contributed by atoms with Gasteiger partial charge in [-0.05, 0) is 42.5 Å². The molecule has 0 saturated heterocycles. The molecule has 19 heavy (non-hydrogen) atoms. The quantitative estimate of drug-likeness (QED) is 0.663. The molecule has 0 heterocycles. The van der Waals surface area contributed by atoms with Crippen LogP contribution in [0.3, 0.4) is 0 Å². The van der Waals surface area contributed by atoms with Crippen molar-refractivity contribution in [2.24, 2.45) is 0 Å². The van der Waals surface area contributed by atoms with Gasteiger partial charge in [-0.1, -0.05) is 6.07 Å². The van der Waals surface area contributed by atoms with Gasteiger partial charge in [0.1, 0.15) is 0 Å². The van der Waals surface area contributed by atoms with E-state index in [1.165, 1.54) is 36.4 Å². The Morgan fingerprint density at radius 3 is 2.16 bits per heavy atom. The second kappa shape index (κ2) is 5.12. The summed E-state index contributed by atoms with van der Waals surface area (Å²) < 4.78 is 44.2. The molecule has 0 spiro atoms. The van der Waals surface area contributed by atoms with Crippen LogP contribution in [-0.2, 0) is 20.9 Å². The fourth-order valence-corrected chi connectivity index (χ4v) is 3.24. The number of hydrogen-bond acceptors (Lipinski definition) is 4. The summed E-state index contributed by atoms with van der Waals surface area (Å²) >= 11 is -2.13. The first kappa shape index (κ1) is 13.7. The number of nitrogens with two attached hydrogens (primary N) is 1. The maximum Gasteiger partial charge on any atom is 0.206 e. The first-order valence-corrected chi connectivity index (χ1v) is 7.82. The Balaban J connectivity index is 2.48. The van der Waals surface area contributed by atoms with Crippen LogP contribution in [0, 0.1) is 0 Å². The zero-order valence-corrected chi connectivity index (χ0v) is 11.3. The summed E-state index contributed by atoms with van der Waals surface area (Å²) in [7, 11) is -3.66. The highest BCUT2D eigenvalue weighted by Gasteiger charge is 2.17. The van der Waals surface area contributed by atoms with Crippen LogP contribution in [0.25, 0.3) is 0 Å². The fraction of sp³-hybridized carbons (Fsp3) is 0. The molecule has 0 amide bonds. The zero-order chi connectivity index (χ0) is 14.0. The molecule has 100 valence electrons. The Hall–Kier alpha value is -1.70. The predicted molar refractivity (Wildman–Crippen MR) is 71.8 cm³/mol. The van der Waals surface area contributed by atoms with Crippen LogP contribution in [0.2, 0.25) is 0 Å². The topological polar surface area (TPSA) is 97.5 Å². The molecule has 0 radical (unpaired) electrons. The van der Waals surface area contributed by atoms with Crippen LogP contribution in [0.1, 0.15) is 0 Å². The van der Waals surface area contributed by atoms with E-state index in [9.17, 15) is 12.6 Å². The SMILES string of the molecule is Nc1cccc(S(=O)(=O)c2ccc(S(=O)O)cc2)c1. The Bertz CT molecular complexity index is 724. The molecule has 0 bridgehead atoms.